The van der Waals surface area contributed by atoms with E-state index in [0.717, 1.165) is 48.9 Å². The van der Waals surface area contributed by atoms with Gasteiger partial charge in [0.2, 0.25) is 0 Å². The van der Waals surface area contributed by atoms with E-state index in [2.05, 4.69) is 38.9 Å². The molecule has 1 aliphatic rings. The van der Waals surface area contributed by atoms with E-state index in [9.17, 15) is 5.11 Å². The number of pyridine rings is 2. The van der Waals surface area contributed by atoms with Gasteiger partial charge < -0.3 is 14.9 Å². The third-order valence-electron chi connectivity index (χ3n) is 4.60. The molecular weight excluding hydrogens is 302 g/mol. The highest BCUT2D eigenvalue weighted by atomic mass is 16.3. The van der Waals surface area contributed by atoms with Crippen molar-refractivity contribution in [3.8, 4) is 11.3 Å². The summed E-state index contributed by atoms with van der Waals surface area (Å²) in [7, 11) is 2.15. The van der Waals surface area contributed by atoms with E-state index in [1.54, 1.807) is 0 Å². The Balaban J connectivity index is 1.68. The lowest BCUT2D eigenvalue weighted by molar-refractivity contribution is 0.278. The van der Waals surface area contributed by atoms with Crippen LogP contribution in [0, 0.1) is 0 Å². The Labute approximate surface area is 141 Å². The Kier molecular flexibility index (Phi) is 3.92. The number of anilines is 1. The van der Waals surface area contributed by atoms with Crippen molar-refractivity contribution < 1.29 is 5.11 Å². The van der Waals surface area contributed by atoms with Gasteiger partial charge in [-0.3, -0.25) is 4.40 Å². The number of rotatable bonds is 3. The monoisotopic (exact) mass is 323 g/mol. The SMILES string of the molecule is CN1CCN(c2ccc(-c3c(CO)nc4ccccn34)cn2)CC1. The van der Waals surface area contributed by atoms with Gasteiger partial charge in [0.15, 0.2) is 0 Å². The minimum atomic E-state index is -0.0861. The molecule has 4 rings (SSSR count). The van der Waals surface area contributed by atoms with Crippen LogP contribution in [0.2, 0.25) is 0 Å². The predicted molar refractivity (Wildman–Crippen MR) is 94.1 cm³/mol. The molecule has 0 aromatic carbocycles. The van der Waals surface area contributed by atoms with Crippen molar-refractivity contribution in [1.82, 2.24) is 19.3 Å². The maximum atomic E-state index is 9.65. The number of imidazole rings is 1. The minimum Gasteiger partial charge on any atom is -0.390 e. The molecule has 0 radical (unpaired) electrons. The molecule has 1 aliphatic heterocycles. The number of piperazine rings is 1. The molecule has 4 heterocycles. The molecule has 124 valence electrons. The summed E-state index contributed by atoms with van der Waals surface area (Å²) in [5.74, 6) is 1.01. The molecule has 3 aromatic rings. The molecule has 6 nitrogen and oxygen atoms in total. The molecular formula is C18H21N5O. The largest absolute Gasteiger partial charge is 0.390 e. The van der Waals surface area contributed by atoms with Gasteiger partial charge in [-0.15, -0.1) is 0 Å². The van der Waals surface area contributed by atoms with Gasteiger partial charge in [-0.25, -0.2) is 9.97 Å². The van der Waals surface area contributed by atoms with E-state index < -0.39 is 0 Å². The average Bonchev–Trinajstić information content (AvgIpc) is 3.01. The van der Waals surface area contributed by atoms with Crippen molar-refractivity contribution in [2.45, 2.75) is 6.61 Å². The van der Waals surface area contributed by atoms with Gasteiger partial charge in [0, 0.05) is 44.1 Å². The van der Waals surface area contributed by atoms with E-state index in [4.69, 9.17) is 0 Å². The van der Waals surface area contributed by atoms with Crippen molar-refractivity contribution >= 4 is 11.5 Å². The van der Waals surface area contributed by atoms with E-state index in [-0.39, 0.29) is 6.61 Å². The van der Waals surface area contributed by atoms with Crippen LogP contribution in [0.5, 0.6) is 0 Å². The lowest BCUT2D eigenvalue weighted by Gasteiger charge is -2.33. The molecule has 3 aromatic heterocycles. The van der Waals surface area contributed by atoms with Crippen LogP contribution in [0.4, 0.5) is 5.82 Å². The third kappa shape index (κ3) is 2.64. The number of aliphatic hydroxyl groups is 1. The number of hydrogen-bond acceptors (Lipinski definition) is 5. The quantitative estimate of drug-likeness (QED) is 0.794. The van der Waals surface area contributed by atoms with Crippen LogP contribution < -0.4 is 4.90 Å². The van der Waals surface area contributed by atoms with Crippen LogP contribution >= 0.6 is 0 Å². The third-order valence-corrected chi connectivity index (χ3v) is 4.60. The number of aliphatic hydroxyl groups excluding tert-OH is 1. The highest BCUT2D eigenvalue weighted by Gasteiger charge is 2.17. The van der Waals surface area contributed by atoms with Crippen molar-refractivity contribution in [1.29, 1.82) is 0 Å². The summed E-state index contributed by atoms with van der Waals surface area (Å²) in [5, 5.41) is 9.65. The van der Waals surface area contributed by atoms with Gasteiger partial charge in [-0.05, 0) is 31.3 Å². The van der Waals surface area contributed by atoms with Gasteiger partial charge in [-0.2, -0.15) is 0 Å². The second kappa shape index (κ2) is 6.22. The van der Waals surface area contributed by atoms with Crippen LogP contribution in [-0.4, -0.2) is 57.6 Å². The Morgan fingerprint density at radius 1 is 1.08 bits per heavy atom. The van der Waals surface area contributed by atoms with Crippen molar-refractivity contribution in [2.24, 2.45) is 0 Å². The second-order valence-electron chi connectivity index (χ2n) is 6.19. The van der Waals surface area contributed by atoms with Gasteiger partial charge in [-0.1, -0.05) is 6.07 Å². The topological polar surface area (TPSA) is 56.9 Å². The summed E-state index contributed by atoms with van der Waals surface area (Å²) in [6.45, 7) is 4.04. The smallest absolute Gasteiger partial charge is 0.137 e. The van der Waals surface area contributed by atoms with Gasteiger partial charge >= 0.3 is 0 Å². The maximum absolute atomic E-state index is 9.65. The van der Waals surface area contributed by atoms with Gasteiger partial charge in [0.25, 0.3) is 0 Å². The fourth-order valence-corrected chi connectivity index (χ4v) is 3.21. The molecule has 6 heteroatoms. The maximum Gasteiger partial charge on any atom is 0.137 e. The van der Waals surface area contributed by atoms with Crippen molar-refractivity contribution in [3.05, 3.63) is 48.4 Å². The standard InChI is InChI=1S/C18H21N5O/c1-21-8-10-22(11-9-21)16-6-5-14(12-19-16)18-15(13-24)20-17-4-2-3-7-23(17)18/h2-7,12,24H,8-11,13H2,1H3. The Hall–Kier alpha value is -2.44. The molecule has 0 atom stereocenters. The first-order valence-electron chi connectivity index (χ1n) is 8.23. The average molecular weight is 323 g/mol. The Morgan fingerprint density at radius 3 is 2.62 bits per heavy atom. The lowest BCUT2D eigenvalue weighted by atomic mass is 10.1. The van der Waals surface area contributed by atoms with E-state index in [1.165, 1.54) is 0 Å². The molecule has 1 fully saturated rings. The number of aromatic nitrogens is 3. The zero-order valence-electron chi connectivity index (χ0n) is 13.8. The molecule has 0 aliphatic carbocycles. The normalized spacial score (nSPS) is 16.0. The molecule has 1 N–H and O–H groups in total. The Bertz CT molecular complexity index is 834. The van der Waals surface area contributed by atoms with E-state index in [0.29, 0.717) is 5.69 Å². The summed E-state index contributed by atoms with van der Waals surface area (Å²) >= 11 is 0. The van der Waals surface area contributed by atoms with Crippen LogP contribution in [-0.2, 0) is 6.61 Å². The first-order chi connectivity index (χ1) is 11.8. The molecule has 0 saturated carbocycles. The van der Waals surface area contributed by atoms with Crippen molar-refractivity contribution in [2.75, 3.05) is 38.1 Å². The number of nitrogens with zero attached hydrogens (tertiary/aromatic N) is 5. The van der Waals surface area contributed by atoms with Crippen LogP contribution in [0.15, 0.2) is 42.7 Å². The Morgan fingerprint density at radius 2 is 1.92 bits per heavy atom. The van der Waals surface area contributed by atoms with Crippen LogP contribution in [0.1, 0.15) is 5.69 Å². The molecule has 1 saturated heterocycles. The summed E-state index contributed by atoms with van der Waals surface area (Å²) in [5.41, 5.74) is 3.39. The van der Waals surface area contributed by atoms with Gasteiger partial charge in [0.1, 0.15) is 11.5 Å². The number of hydrogen-bond donors (Lipinski definition) is 1. The highest BCUT2D eigenvalue weighted by Crippen LogP contribution is 2.26. The molecule has 0 amide bonds. The summed E-state index contributed by atoms with van der Waals surface area (Å²) in [6.07, 6.45) is 3.84. The second-order valence-corrected chi connectivity index (χ2v) is 6.19. The summed E-state index contributed by atoms with van der Waals surface area (Å²) in [4.78, 5) is 13.8. The highest BCUT2D eigenvalue weighted by molar-refractivity contribution is 5.67. The zero-order valence-corrected chi connectivity index (χ0v) is 13.8. The molecule has 24 heavy (non-hydrogen) atoms. The molecule has 0 bridgehead atoms. The summed E-state index contributed by atoms with van der Waals surface area (Å²) in [6, 6.07) is 9.97. The first-order valence-corrected chi connectivity index (χ1v) is 8.23. The van der Waals surface area contributed by atoms with Crippen LogP contribution in [0.3, 0.4) is 0 Å². The summed E-state index contributed by atoms with van der Waals surface area (Å²) < 4.78 is 2.00. The van der Waals surface area contributed by atoms with Crippen molar-refractivity contribution in [3.63, 3.8) is 0 Å². The first kappa shape index (κ1) is 15.1. The fourth-order valence-electron chi connectivity index (χ4n) is 3.21. The zero-order chi connectivity index (χ0) is 16.5. The van der Waals surface area contributed by atoms with E-state index in [1.807, 2.05) is 35.0 Å². The number of fused-ring (bicyclic) bond motifs is 1. The predicted octanol–water partition coefficient (Wildman–Crippen LogP) is 1.64. The molecule has 0 spiro atoms. The van der Waals surface area contributed by atoms with Crippen LogP contribution in [0.25, 0.3) is 16.9 Å². The fraction of sp³-hybridized carbons (Fsp3) is 0.333. The van der Waals surface area contributed by atoms with E-state index >= 15 is 0 Å². The number of likely N-dealkylation sites (N-methyl/N-ethyl adjacent to an activating group) is 1. The lowest BCUT2D eigenvalue weighted by Crippen LogP contribution is -2.44. The minimum absolute atomic E-state index is 0.0861. The molecule has 0 unspecified atom stereocenters. The van der Waals surface area contributed by atoms with Gasteiger partial charge in [0.05, 0.1) is 18.0 Å².